The number of hydrogen-bond acceptors (Lipinski definition) is 4. The van der Waals surface area contributed by atoms with E-state index in [0.717, 1.165) is 61.1 Å². The Morgan fingerprint density at radius 1 is 1.09 bits per heavy atom. The normalized spacial score (nSPS) is 16.9. The van der Waals surface area contributed by atoms with E-state index in [1.807, 2.05) is 30.3 Å². The number of aromatic nitrogens is 3. The molecule has 0 bridgehead atoms. The summed E-state index contributed by atoms with van der Waals surface area (Å²) in [5, 5.41) is 11.8. The predicted molar refractivity (Wildman–Crippen MR) is 136 cm³/mol. The fourth-order valence-electron chi connectivity index (χ4n) is 4.74. The summed E-state index contributed by atoms with van der Waals surface area (Å²) in [5.41, 5.74) is 6.06. The third-order valence-corrected chi connectivity index (χ3v) is 6.71. The highest BCUT2D eigenvalue weighted by molar-refractivity contribution is 6.01. The Labute approximate surface area is 200 Å². The van der Waals surface area contributed by atoms with Gasteiger partial charge in [-0.1, -0.05) is 36.2 Å². The standard InChI is InChI=1S/C28H31N5O/c1-20-5-7-21(8-6-20)13-17-33-16-3-2-4-24(19-33)30-28(34)23-9-10-26-25(18-23)27(32-31-26)22-11-14-29-15-12-22/h5-12,14-15,18,24H,2-4,13,16-17,19H2,1H3,(H,30,34)(H,31,32). The van der Waals surface area contributed by atoms with E-state index in [1.165, 1.54) is 17.5 Å². The van der Waals surface area contributed by atoms with E-state index in [4.69, 9.17) is 0 Å². The third-order valence-electron chi connectivity index (χ3n) is 6.71. The molecular weight excluding hydrogens is 422 g/mol. The molecule has 174 valence electrons. The van der Waals surface area contributed by atoms with Gasteiger partial charge in [-0.25, -0.2) is 0 Å². The summed E-state index contributed by atoms with van der Waals surface area (Å²) in [6.45, 7) is 5.13. The number of fused-ring (bicyclic) bond motifs is 1. The van der Waals surface area contributed by atoms with E-state index in [1.54, 1.807) is 12.4 Å². The second-order valence-electron chi connectivity index (χ2n) is 9.27. The van der Waals surface area contributed by atoms with Crippen LogP contribution in [0.4, 0.5) is 0 Å². The molecule has 6 nitrogen and oxygen atoms in total. The molecule has 1 atom stereocenters. The van der Waals surface area contributed by atoms with Crippen LogP contribution in [0.25, 0.3) is 22.2 Å². The van der Waals surface area contributed by atoms with Gasteiger partial charge in [0.15, 0.2) is 0 Å². The molecule has 3 heterocycles. The van der Waals surface area contributed by atoms with E-state index in [-0.39, 0.29) is 11.9 Å². The van der Waals surface area contributed by atoms with Gasteiger partial charge in [-0.05, 0) is 68.6 Å². The van der Waals surface area contributed by atoms with E-state index >= 15 is 0 Å². The monoisotopic (exact) mass is 453 g/mol. The first-order chi connectivity index (χ1) is 16.7. The van der Waals surface area contributed by atoms with Gasteiger partial charge in [0, 0.05) is 48.0 Å². The summed E-state index contributed by atoms with van der Waals surface area (Å²) >= 11 is 0. The van der Waals surface area contributed by atoms with Crippen LogP contribution >= 0.6 is 0 Å². The molecule has 1 amide bonds. The molecule has 2 aromatic carbocycles. The molecule has 2 aromatic heterocycles. The maximum absolute atomic E-state index is 13.2. The van der Waals surface area contributed by atoms with Crippen LogP contribution in [0.1, 0.15) is 40.7 Å². The number of carbonyl (C=O) groups is 1. The summed E-state index contributed by atoms with van der Waals surface area (Å²) in [7, 11) is 0. The van der Waals surface area contributed by atoms with Gasteiger partial charge in [-0.2, -0.15) is 5.10 Å². The topological polar surface area (TPSA) is 73.9 Å². The molecule has 0 aliphatic carbocycles. The van der Waals surface area contributed by atoms with Gasteiger partial charge in [0.25, 0.3) is 5.91 Å². The van der Waals surface area contributed by atoms with Gasteiger partial charge in [0.2, 0.25) is 0 Å². The smallest absolute Gasteiger partial charge is 0.251 e. The van der Waals surface area contributed by atoms with Crippen molar-refractivity contribution >= 4 is 16.8 Å². The van der Waals surface area contributed by atoms with Gasteiger partial charge in [0.1, 0.15) is 5.69 Å². The Kier molecular flexibility index (Phi) is 6.67. The lowest BCUT2D eigenvalue weighted by atomic mass is 10.1. The number of amides is 1. The van der Waals surface area contributed by atoms with Gasteiger partial charge < -0.3 is 10.2 Å². The quantitative estimate of drug-likeness (QED) is 0.441. The van der Waals surface area contributed by atoms with Crippen LogP contribution in [0.15, 0.2) is 67.0 Å². The average molecular weight is 454 g/mol. The first-order valence-electron chi connectivity index (χ1n) is 12.1. The Hall–Kier alpha value is -3.51. The molecule has 5 rings (SSSR count). The zero-order chi connectivity index (χ0) is 23.3. The van der Waals surface area contributed by atoms with E-state index in [0.29, 0.717) is 5.56 Å². The first kappa shape index (κ1) is 22.3. The number of aromatic amines is 1. The number of likely N-dealkylation sites (tertiary alicyclic amines) is 1. The predicted octanol–water partition coefficient (Wildman–Crippen LogP) is 4.76. The maximum Gasteiger partial charge on any atom is 0.251 e. The highest BCUT2D eigenvalue weighted by Crippen LogP contribution is 2.26. The fourth-order valence-corrected chi connectivity index (χ4v) is 4.74. The molecule has 1 saturated heterocycles. The van der Waals surface area contributed by atoms with Crippen molar-refractivity contribution in [2.45, 2.75) is 38.6 Å². The van der Waals surface area contributed by atoms with E-state index in [2.05, 4.69) is 56.6 Å². The summed E-state index contributed by atoms with van der Waals surface area (Å²) in [5.74, 6) is -0.0193. The molecule has 0 radical (unpaired) electrons. The van der Waals surface area contributed by atoms with Gasteiger partial charge in [0.05, 0.1) is 5.52 Å². The zero-order valence-corrected chi connectivity index (χ0v) is 19.6. The Morgan fingerprint density at radius 2 is 1.91 bits per heavy atom. The largest absolute Gasteiger partial charge is 0.348 e. The number of pyridine rings is 1. The minimum Gasteiger partial charge on any atom is -0.348 e. The number of rotatable bonds is 6. The van der Waals surface area contributed by atoms with Crippen LogP contribution in [0.2, 0.25) is 0 Å². The summed E-state index contributed by atoms with van der Waals surface area (Å²) in [4.78, 5) is 19.8. The minimum absolute atomic E-state index is 0.0193. The van der Waals surface area contributed by atoms with Crippen molar-refractivity contribution < 1.29 is 4.79 Å². The Bertz CT molecular complexity index is 1250. The molecule has 0 spiro atoms. The summed E-state index contributed by atoms with van der Waals surface area (Å²) in [6.07, 6.45) is 7.88. The van der Waals surface area contributed by atoms with Crippen LogP contribution < -0.4 is 5.32 Å². The van der Waals surface area contributed by atoms with Crippen molar-refractivity contribution in [3.8, 4) is 11.3 Å². The second-order valence-corrected chi connectivity index (χ2v) is 9.27. The number of nitrogens with one attached hydrogen (secondary N) is 2. The van der Waals surface area contributed by atoms with Gasteiger partial charge in [-0.3, -0.25) is 14.9 Å². The summed E-state index contributed by atoms with van der Waals surface area (Å²) in [6, 6.07) is 18.6. The number of nitrogens with zero attached hydrogens (tertiary/aromatic N) is 3. The molecule has 1 unspecified atom stereocenters. The first-order valence-corrected chi connectivity index (χ1v) is 12.1. The number of carbonyl (C=O) groups excluding carboxylic acids is 1. The molecular formula is C28H31N5O. The lowest BCUT2D eigenvalue weighted by Gasteiger charge is -2.25. The van der Waals surface area contributed by atoms with Crippen molar-refractivity contribution in [1.82, 2.24) is 25.4 Å². The minimum atomic E-state index is -0.0193. The van der Waals surface area contributed by atoms with Crippen LogP contribution in [-0.2, 0) is 6.42 Å². The average Bonchev–Trinajstić information content (AvgIpc) is 3.16. The van der Waals surface area contributed by atoms with Gasteiger partial charge >= 0.3 is 0 Å². The highest BCUT2D eigenvalue weighted by atomic mass is 16.1. The number of H-pyrrole nitrogens is 1. The van der Waals surface area contributed by atoms with Crippen molar-refractivity contribution in [2.75, 3.05) is 19.6 Å². The maximum atomic E-state index is 13.2. The molecule has 4 aromatic rings. The number of hydrogen-bond donors (Lipinski definition) is 2. The molecule has 34 heavy (non-hydrogen) atoms. The van der Waals surface area contributed by atoms with Crippen LogP contribution in [0.3, 0.4) is 0 Å². The molecule has 1 fully saturated rings. The third kappa shape index (κ3) is 5.18. The lowest BCUT2D eigenvalue weighted by molar-refractivity contribution is 0.0926. The molecule has 0 saturated carbocycles. The van der Waals surface area contributed by atoms with Crippen molar-refractivity contribution in [3.63, 3.8) is 0 Å². The van der Waals surface area contributed by atoms with Crippen LogP contribution in [-0.4, -0.2) is 51.7 Å². The van der Waals surface area contributed by atoms with Crippen LogP contribution in [0.5, 0.6) is 0 Å². The lowest BCUT2D eigenvalue weighted by Crippen LogP contribution is -2.43. The highest BCUT2D eigenvalue weighted by Gasteiger charge is 2.21. The molecule has 2 N–H and O–H groups in total. The van der Waals surface area contributed by atoms with Crippen molar-refractivity contribution in [3.05, 3.63) is 83.7 Å². The zero-order valence-electron chi connectivity index (χ0n) is 19.6. The SMILES string of the molecule is Cc1ccc(CCN2CCCCC(NC(=O)c3ccc4[nH]nc(-c5ccncc5)c4c3)C2)cc1. The molecule has 1 aliphatic rings. The van der Waals surface area contributed by atoms with E-state index < -0.39 is 0 Å². The Balaban J connectivity index is 1.26. The second kappa shape index (κ2) is 10.2. The van der Waals surface area contributed by atoms with Gasteiger partial charge in [-0.15, -0.1) is 0 Å². The van der Waals surface area contributed by atoms with E-state index in [9.17, 15) is 4.79 Å². The number of benzene rings is 2. The fraction of sp³-hybridized carbons (Fsp3) is 0.321. The summed E-state index contributed by atoms with van der Waals surface area (Å²) < 4.78 is 0. The Morgan fingerprint density at radius 3 is 2.74 bits per heavy atom. The molecule has 1 aliphatic heterocycles. The number of aryl methyl sites for hydroxylation is 1. The molecule has 6 heteroatoms. The van der Waals surface area contributed by atoms with Crippen molar-refractivity contribution in [1.29, 1.82) is 0 Å². The van der Waals surface area contributed by atoms with Crippen molar-refractivity contribution in [2.24, 2.45) is 0 Å². The van der Waals surface area contributed by atoms with Crippen LogP contribution in [0, 0.1) is 6.92 Å².